The number of anilines is 1. The first-order valence-electron chi connectivity index (χ1n) is 9.45. The van der Waals surface area contributed by atoms with Gasteiger partial charge in [0.05, 0.1) is 24.8 Å². The molecule has 0 bridgehead atoms. The summed E-state index contributed by atoms with van der Waals surface area (Å²) in [6, 6.07) is 12.0. The van der Waals surface area contributed by atoms with Crippen LogP contribution in [0.5, 0.6) is 11.5 Å². The van der Waals surface area contributed by atoms with Crippen LogP contribution in [0.3, 0.4) is 0 Å². The van der Waals surface area contributed by atoms with Gasteiger partial charge in [-0.25, -0.2) is 8.42 Å². The number of amides is 1. The van der Waals surface area contributed by atoms with E-state index >= 15 is 0 Å². The molecule has 0 aromatic heterocycles. The topological polar surface area (TPSA) is 84.9 Å². The van der Waals surface area contributed by atoms with Gasteiger partial charge < -0.3 is 14.8 Å². The molecular weight excluding hydrogens is 392 g/mol. The summed E-state index contributed by atoms with van der Waals surface area (Å²) in [6.07, 6.45) is 0.923. The molecule has 1 N–H and O–H groups in total. The third-order valence-corrected chi connectivity index (χ3v) is 7.06. The maximum absolute atomic E-state index is 12.8. The molecular formula is C21H26N2O5S. The minimum atomic E-state index is -3.54. The van der Waals surface area contributed by atoms with Crippen molar-refractivity contribution in [3.8, 4) is 11.5 Å². The minimum Gasteiger partial charge on any atom is -0.497 e. The fourth-order valence-corrected chi connectivity index (χ4v) is 4.83. The second-order valence-corrected chi connectivity index (χ2v) is 8.98. The molecule has 2 aromatic rings. The Hall–Kier alpha value is -2.58. The molecule has 0 saturated carbocycles. The van der Waals surface area contributed by atoms with Crippen LogP contribution in [0.15, 0.2) is 47.4 Å². The predicted molar refractivity (Wildman–Crippen MR) is 111 cm³/mol. The molecule has 0 unspecified atom stereocenters. The van der Waals surface area contributed by atoms with Gasteiger partial charge in [-0.05, 0) is 44.0 Å². The fourth-order valence-electron chi connectivity index (χ4n) is 3.36. The zero-order valence-electron chi connectivity index (χ0n) is 16.8. The highest BCUT2D eigenvalue weighted by molar-refractivity contribution is 7.89. The van der Waals surface area contributed by atoms with Gasteiger partial charge in [0.25, 0.3) is 0 Å². The number of nitrogens with zero attached hydrogens (tertiary/aromatic N) is 1. The summed E-state index contributed by atoms with van der Waals surface area (Å²) in [7, 11) is -0.455. The van der Waals surface area contributed by atoms with E-state index in [9.17, 15) is 13.2 Å². The number of sulfonamides is 1. The minimum absolute atomic E-state index is 0.149. The van der Waals surface area contributed by atoms with Crippen LogP contribution in [0.4, 0.5) is 5.69 Å². The lowest BCUT2D eigenvalue weighted by molar-refractivity contribution is -0.120. The van der Waals surface area contributed by atoms with Crippen LogP contribution in [-0.4, -0.2) is 45.9 Å². The van der Waals surface area contributed by atoms with Gasteiger partial charge >= 0.3 is 0 Å². The van der Waals surface area contributed by atoms with Crippen LogP contribution in [0.1, 0.15) is 18.4 Å². The molecule has 0 spiro atoms. The molecule has 1 aliphatic heterocycles. The molecule has 7 nitrogen and oxygen atoms in total. The van der Waals surface area contributed by atoms with E-state index in [2.05, 4.69) is 5.32 Å². The van der Waals surface area contributed by atoms with E-state index in [1.807, 2.05) is 6.92 Å². The number of ether oxygens (including phenoxy) is 2. The van der Waals surface area contributed by atoms with E-state index in [-0.39, 0.29) is 16.7 Å². The molecule has 1 aliphatic rings. The van der Waals surface area contributed by atoms with Gasteiger partial charge in [0.15, 0.2) is 0 Å². The number of hydrogen-bond acceptors (Lipinski definition) is 5. The van der Waals surface area contributed by atoms with Crippen molar-refractivity contribution in [3.05, 3.63) is 48.0 Å². The standard InChI is InChI=1S/C21H26N2O5S/c1-15-4-7-18(8-5-15)29(25,26)23-12-10-16(11-13-23)21(24)22-19-14-17(27-2)6-9-20(19)28-3/h4-9,14,16H,10-13H2,1-3H3,(H,22,24). The summed E-state index contributed by atoms with van der Waals surface area (Å²) in [5.41, 5.74) is 1.54. The normalized spacial score (nSPS) is 15.7. The number of rotatable bonds is 6. The van der Waals surface area contributed by atoms with Crippen LogP contribution >= 0.6 is 0 Å². The SMILES string of the molecule is COc1ccc(OC)c(NC(=O)C2CCN(S(=O)(=O)c3ccc(C)cc3)CC2)c1. The smallest absolute Gasteiger partial charge is 0.243 e. The lowest BCUT2D eigenvalue weighted by Gasteiger charge is -2.30. The molecule has 156 valence electrons. The Morgan fingerprint density at radius 2 is 1.69 bits per heavy atom. The maximum Gasteiger partial charge on any atom is 0.243 e. The van der Waals surface area contributed by atoms with E-state index in [0.29, 0.717) is 43.1 Å². The quantitative estimate of drug-likeness (QED) is 0.779. The van der Waals surface area contributed by atoms with E-state index in [0.717, 1.165) is 5.56 Å². The van der Waals surface area contributed by atoms with Gasteiger partial charge in [0.2, 0.25) is 15.9 Å². The first-order chi connectivity index (χ1) is 13.8. The Kier molecular flexibility index (Phi) is 6.44. The lowest BCUT2D eigenvalue weighted by atomic mass is 9.97. The number of nitrogens with one attached hydrogen (secondary N) is 1. The lowest BCUT2D eigenvalue weighted by Crippen LogP contribution is -2.41. The zero-order valence-corrected chi connectivity index (χ0v) is 17.7. The summed E-state index contributed by atoms with van der Waals surface area (Å²) in [6.45, 7) is 2.53. The van der Waals surface area contributed by atoms with Crippen molar-refractivity contribution in [3.63, 3.8) is 0 Å². The molecule has 1 heterocycles. The molecule has 3 rings (SSSR count). The van der Waals surface area contributed by atoms with Crippen LogP contribution in [0.25, 0.3) is 0 Å². The van der Waals surface area contributed by atoms with Gasteiger partial charge in [0, 0.05) is 25.1 Å². The van der Waals surface area contributed by atoms with Crippen molar-refractivity contribution in [2.75, 3.05) is 32.6 Å². The van der Waals surface area contributed by atoms with Crippen molar-refractivity contribution in [2.45, 2.75) is 24.7 Å². The highest BCUT2D eigenvalue weighted by atomic mass is 32.2. The molecule has 0 aliphatic carbocycles. The van der Waals surface area contributed by atoms with Gasteiger partial charge in [-0.2, -0.15) is 4.31 Å². The molecule has 2 aromatic carbocycles. The van der Waals surface area contributed by atoms with Gasteiger partial charge in [0.1, 0.15) is 11.5 Å². The van der Waals surface area contributed by atoms with Crippen molar-refractivity contribution >= 4 is 21.6 Å². The van der Waals surface area contributed by atoms with Crippen LogP contribution < -0.4 is 14.8 Å². The van der Waals surface area contributed by atoms with Crippen molar-refractivity contribution in [1.29, 1.82) is 0 Å². The second kappa shape index (κ2) is 8.84. The fraction of sp³-hybridized carbons (Fsp3) is 0.381. The largest absolute Gasteiger partial charge is 0.497 e. The van der Waals surface area contributed by atoms with Crippen molar-refractivity contribution < 1.29 is 22.7 Å². The average molecular weight is 419 g/mol. The third kappa shape index (κ3) is 4.71. The second-order valence-electron chi connectivity index (χ2n) is 7.05. The van der Waals surface area contributed by atoms with Gasteiger partial charge in [-0.1, -0.05) is 17.7 Å². The highest BCUT2D eigenvalue weighted by Crippen LogP contribution is 2.31. The third-order valence-electron chi connectivity index (χ3n) is 5.15. The Morgan fingerprint density at radius 3 is 2.28 bits per heavy atom. The first kappa shape index (κ1) is 21.1. The van der Waals surface area contributed by atoms with E-state index in [1.54, 1.807) is 49.6 Å². The number of aryl methyl sites for hydroxylation is 1. The van der Waals surface area contributed by atoms with Gasteiger partial charge in [-0.15, -0.1) is 0 Å². The predicted octanol–water partition coefficient (Wildman–Crippen LogP) is 3.05. The molecule has 29 heavy (non-hydrogen) atoms. The number of piperidine rings is 1. The number of methoxy groups -OCH3 is 2. The van der Waals surface area contributed by atoms with Gasteiger partial charge in [-0.3, -0.25) is 4.79 Å². The molecule has 1 amide bonds. The Labute approximate surface area is 171 Å². The Bertz CT molecular complexity index is 965. The number of carbonyl (C=O) groups is 1. The number of carbonyl (C=O) groups excluding carboxylic acids is 1. The molecule has 8 heteroatoms. The van der Waals surface area contributed by atoms with E-state index < -0.39 is 10.0 Å². The Morgan fingerprint density at radius 1 is 1.03 bits per heavy atom. The van der Waals surface area contributed by atoms with Crippen molar-refractivity contribution in [2.24, 2.45) is 5.92 Å². The summed E-state index contributed by atoms with van der Waals surface area (Å²) in [5, 5.41) is 2.89. The maximum atomic E-state index is 12.8. The zero-order chi connectivity index (χ0) is 21.0. The van der Waals surface area contributed by atoms with E-state index in [1.165, 1.54) is 11.4 Å². The van der Waals surface area contributed by atoms with Crippen LogP contribution in [0, 0.1) is 12.8 Å². The highest BCUT2D eigenvalue weighted by Gasteiger charge is 2.32. The summed E-state index contributed by atoms with van der Waals surface area (Å²) in [4.78, 5) is 13.0. The number of hydrogen-bond donors (Lipinski definition) is 1. The van der Waals surface area contributed by atoms with Crippen molar-refractivity contribution in [1.82, 2.24) is 4.31 Å². The summed E-state index contributed by atoms with van der Waals surface area (Å²) < 4.78 is 37.6. The molecule has 0 atom stereocenters. The molecule has 0 radical (unpaired) electrons. The summed E-state index contributed by atoms with van der Waals surface area (Å²) in [5.74, 6) is 0.734. The monoisotopic (exact) mass is 418 g/mol. The summed E-state index contributed by atoms with van der Waals surface area (Å²) >= 11 is 0. The molecule has 1 saturated heterocycles. The Balaban J connectivity index is 1.65. The van der Waals surface area contributed by atoms with Crippen LogP contribution in [0.2, 0.25) is 0 Å². The molecule has 1 fully saturated rings. The van der Waals surface area contributed by atoms with E-state index in [4.69, 9.17) is 9.47 Å². The van der Waals surface area contributed by atoms with Crippen LogP contribution in [-0.2, 0) is 14.8 Å². The average Bonchev–Trinajstić information content (AvgIpc) is 2.74. The first-order valence-corrected chi connectivity index (χ1v) is 10.9. The number of benzene rings is 2.